The lowest BCUT2D eigenvalue weighted by Gasteiger charge is -2.33. The Bertz CT molecular complexity index is 970. The maximum Gasteiger partial charge on any atom is 0.247 e. The number of nitrogens with zero attached hydrogens (tertiary/aromatic N) is 2. The minimum absolute atomic E-state index is 0.0886. The fourth-order valence-corrected chi connectivity index (χ4v) is 5.85. The van der Waals surface area contributed by atoms with Crippen molar-refractivity contribution in [2.24, 2.45) is 4.99 Å². The SMILES string of the molecule is O=C(Nc1cccc2ccccc12)[C@@H]1CCCN1C(=NC1CCCCC1)NC1CCCCC1. The minimum atomic E-state index is -0.164. The van der Waals surface area contributed by atoms with Crippen LogP contribution in [-0.2, 0) is 4.79 Å². The lowest BCUT2D eigenvalue weighted by atomic mass is 9.95. The number of anilines is 1. The molecule has 1 heterocycles. The van der Waals surface area contributed by atoms with E-state index in [0.29, 0.717) is 12.1 Å². The Labute approximate surface area is 198 Å². The van der Waals surface area contributed by atoms with Crippen LogP contribution in [0.5, 0.6) is 0 Å². The number of carbonyl (C=O) groups is 1. The predicted molar refractivity (Wildman–Crippen MR) is 137 cm³/mol. The molecule has 2 aliphatic carbocycles. The lowest BCUT2D eigenvalue weighted by Crippen LogP contribution is -2.52. The number of benzene rings is 2. The molecule has 176 valence electrons. The topological polar surface area (TPSA) is 56.7 Å². The van der Waals surface area contributed by atoms with Gasteiger partial charge in [0.15, 0.2) is 5.96 Å². The number of carbonyl (C=O) groups excluding carboxylic acids is 1. The van der Waals surface area contributed by atoms with Gasteiger partial charge in [0.25, 0.3) is 0 Å². The molecule has 1 saturated heterocycles. The number of hydrogen-bond donors (Lipinski definition) is 2. The van der Waals surface area contributed by atoms with Gasteiger partial charge in [-0.3, -0.25) is 4.79 Å². The number of amides is 1. The van der Waals surface area contributed by atoms with E-state index in [1.807, 2.05) is 24.3 Å². The Morgan fingerprint density at radius 3 is 2.36 bits per heavy atom. The number of nitrogens with one attached hydrogen (secondary N) is 2. The first kappa shape index (κ1) is 22.2. The van der Waals surface area contributed by atoms with Crippen LogP contribution in [0.3, 0.4) is 0 Å². The molecule has 2 N–H and O–H groups in total. The number of aliphatic imine (C=N–C) groups is 1. The Kier molecular flexibility index (Phi) is 7.13. The molecule has 0 radical (unpaired) electrons. The zero-order chi connectivity index (χ0) is 22.5. The number of fused-ring (bicyclic) bond motifs is 1. The quantitative estimate of drug-likeness (QED) is 0.457. The van der Waals surface area contributed by atoms with Crippen LogP contribution in [0.1, 0.15) is 77.0 Å². The summed E-state index contributed by atoms with van der Waals surface area (Å²) in [5.74, 6) is 1.08. The summed E-state index contributed by atoms with van der Waals surface area (Å²) in [6.07, 6.45) is 14.5. The fraction of sp³-hybridized carbons (Fsp3) is 0.571. The second-order valence-electron chi connectivity index (χ2n) is 10.1. The summed E-state index contributed by atoms with van der Waals surface area (Å²) in [7, 11) is 0. The van der Waals surface area contributed by atoms with Gasteiger partial charge in [-0.1, -0.05) is 74.9 Å². The highest BCUT2D eigenvalue weighted by Crippen LogP contribution is 2.27. The first-order valence-corrected chi connectivity index (χ1v) is 13.2. The number of likely N-dealkylation sites (tertiary alicyclic amines) is 1. The minimum Gasteiger partial charge on any atom is -0.353 e. The highest BCUT2D eigenvalue weighted by Gasteiger charge is 2.34. The molecule has 33 heavy (non-hydrogen) atoms. The van der Waals surface area contributed by atoms with Crippen LogP contribution in [0, 0.1) is 0 Å². The summed E-state index contributed by atoms with van der Waals surface area (Å²) in [6.45, 7) is 0.902. The van der Waals surface area contributed by atoms with Crippen molar-refractivity contribution in [3.8, 4) is 0 Å². The van der Waals surface area contributed by atoms with Crippen molar-refractivity contribution in [3.05, 3.63) is 42.5 Å². The Morgan fingerprint density at radius 2 is 1.55 bits per heavy atom. The van der Waals surface area contributed by atoms with E-state index in [-0.39, 0.29) is 11.9 Å². The molecule has 3 fully saturated rings. The van der Waals surface area contributed by atoms with Gasteiger partial charge in [-0.25, -0.2) is 4.99 Å². The third kappa shape index (κ3) is 5.34. The average molecular weight is 447 g/mol. The molecule has 5 nitrogen and oxygen atoms in total. The molecule has 0 bridgehead atoms. The van der Waals surface area contributed by atoms with Crippen molar-refractivity contribution in [2.75, 3.05) is 11.9 Å². The van der Waals surface area contributed by atoms with Crippen molar-refractivity contribution < 1.29 is 4.79 Å². The summed E-state index contributed by atoms with van der Waals surface area (Å²) in [4.78, 5) is 21.1. The van der Waals surface area contributed by atoms with Crippen LogP contribution in [0.4, 0.5) is 5.69 Å². The van der Waals surface area contributed by atoms with Gasteiger partial charge in [0, 0.05) is 23.7 Å². The molecule has 1 aliphatic heterocycles. The van der Waals surface area contributed by atoms with E-state index in [1.165, 1.54) is 64.2 Å². The molecule has 5 heteroatoms. The van der Waals surface area contributed by atoms with Gasteiger partial charge in [-0.15, -0.1) is 0 Å². The first-order valence-electron chi connectivity index (χ1n) is 13.2. The van der Waals surface area contributed by atoms with Crippen LogP contribution in [0.2, 0.25) is 0 Å². The molecule has 0 spiro atoms. The molecule has 2 saturated carbocycles. The molecule has 0 unspecified atom stereocenters. The van der Waals surface area contributed by atoms with E-state index in [2.05, 4.69) is 33.7 Å². The van der Waals surface area contributed by atoms with Gasteiger partial charge in [-0.2, -0.15) is 0 Å². The van der Waals surface area contributed by atoms with Crippen molar-refractivity contribution in [3.63, 3.8) is 0 Å². The van der Waals surface area contributed by atoms with Gasteiger partial charge in [0.2, 0.25) is 5.91 Å². The van der Waals surface area contributed by atoms with E-state index in [4.69, 9.17) is 4.99 Å². The Morgan fingerprint density at radius 1 is 0.818 bits per heavy atom. The van der Waals surface area contributed by atoms with Gasteiger partial charge in [0.1, 0.15) is 6.04 Å². The van der Waals surface area contributed by atoms with Crippen LogP contribution in [0.15, 0.2) is 47.5 Å². The first-order chi connectivity index (χ1) is 16.3. The molecule has 2 aromatic carbocycles. The van der Waals surface area contributed by atoms with Gasteiger partial charge in [-0.05, 0) is 50.0 Å². The van der Waals surface area contributed by atoms with Crippen LogP contribution in [0.25, 0.3) is 10.8 Å². The molecule has 5 rings (SSSR count). The summed E-state index contributed by atoms with van der Waals surface area (Å²) in [5.41, 5.74) is 0.899. The zero-order valence-corrected chi connectivity index (χ0v) is 19.8. The third-order valence-corrected chi connectivity index (χ3v) is 7.69. The highest BCUT2D eigenvalue weighted by molar-refractivity contribution is 6.05. The summed E-state index contributed by atoms with van der Waals surface area (Å²) < 4.78 is 0. The van der Waals surface area contributed by atoms with Crippen LogP contribution in [-0.4, -0.2) is 41.4 Å². The molecule has 3 aliphatic rings. The second kappa shape index (κ2) is 10.6. The van der Waals surface area contributed by atoms with E-state index >= 15 is 0 Å². The normalized spacial score (nSPS) is 23.1. The highest BCUT2D eigenvalue weighted by atomic mass is 16.2. The lowest BCUT2D eigenvalue weighted by molar-refractivity contribution is -0.119. The summed E-state index contributed by atoms with van der Waals surface area (Å²) >= 11 is 0. The maximum atomic E-state index is 13.5. The second-order valence-corrected chi connectivity index (χ2v) is 10.1. The number of hydrogen-bond acceptors (Lipinski definition) is 2. The van der Waals surface area contributed by atoms with E-state index < -0.39 is 0 Å². The molecule has 1 atom stereocenters. The predicted octanol–water partition coefficient (Wildman–Crippen LogP) is 5.85. The monoisotopic (exact) mass is 446 g/mol. The Hall–Kier alpha value is -2.56. The van der Waals surface area contributed by atoms with Crippen molar-refractivity contribution in [1.82, 2.24) is 10.2 Å². The van der Waals surface area contributed by atoms with E-state index in [0.717, 1.165) is 41.8 Å². The molecule has 2 aromatic rings. The number of rotatable bonds is 4. The van der Waals surface area contributed by atoms with Gasteiger partial charge in [0.05, 0.1) is 6.04 Å². The molecule has 1 amide bonds. The smallest absolute Gasteiger partial charge is 0.247 e. The van der Waals surface area contributed by atoms with Crippen LogP contribution >= 0.6 is 0 Å². The molecular weight excluding hydrogens is 408 g/mol. The third-order valence-electron chi connectivity index (χ3n) is 7.69. The maximum absolute atomic E-state index is 13.5. The van der Waals surface area contributed by atoms with Crippen molar-refractivity contribution in [1.29, 1.82) is 0 Å². The van der Waals surface area contributed by atoms with E-state index in [9.17, 15) is 4.79 Å². The fourth-order valence-electron chi connectivity index (χ4n) is 5.85. The van der Waals surface area contributed by atoms with Crippen molar-refractivity contribution in [2.45, 2.75) is 95.2 Å². The van der Waals surface area contributed by atoms with Gasteiger partial charge >= 0.3 is 0 Å². The zero-order valence-electron chi connectivity index (χ0n) is 19.8. The standard InChI is InChI=1S/C28H38N4O/c33-27(31-25-18-9-12-21-11-7-8-17-24(21)25)26-19-10-20-32(26)28(29-22-13-3-1-4-14-22)30-23-15-5-2-6-16-23/h7-9,11-12,17-18,22-23,26H,1-6,10,13-16,19-20H2,(H,29,30)(H,31,33)/t26-/m0/s1. The van der Waals surface area contributed by atoms with E-state index in [1.54, 1.807) is 0 Å². The molecular formula is C28H38N4O. The summed E-state index contributed by atoms with van der Waals surface area (Å²) in [6, 6.07) is 15.1. The Balaban J connectivity index is 1.36. The largest absolute Gasteiger partial charge is 0.353 e. The van der Waals surface area contributed by atoms with Crippen LogP contribution < -0.4 is 10.6 Å². The van der Waals surface area contributed by atoms with Gasteiger partial charge < -0.3 is 15.5 Å². The summed E-state index contributed by atoms with van der Waals surface area (Å²) in [5, 5.41) is 9.32. The molecule has 0 aromatic heterocycles. The average Bonchev–Trinajstić information content (AvgIpc) is 3.35. The van der Waals surface area contributed by atoms with Crippen molar-refractivity contribution >= 4 is 28.3 Å². The number of guanidine groups is 1.